The van der Waals surface area contributed by atoms with Gasteiger partial charge in [-0.3, -0.25) is 4.79 Å². The zero-order valence-corrected chi connectivity index (χ0v) is 19.3. The van der Waals surface area contributed by atoms with E-state index in [4.69, 9.17) is 0 Å². The quantitative estimate of drug-likeness (QED) is 0.711. The number of carbonyl (C=O) groups is 1. The predicted molar refractivity (Wildman–Crippen MR) is 116 cm³/mol. The number of nitrogens with zero attached hydrogens (tertiary/aromatic N) is 1. The molecule has 8 heteroatoms. The Morgan fingerprint density at radius 2 is 1.59 bits per heavy atom. The highest BCUT2D eigenvalue weighted by atomic mass is 32.2. The van der Waals surface area contributed by atoms with Gasteiger partial charge in [-0.1, -0.05) is 0 Å². The topological polar surface area (TPSA) is 66.5 Å². The first-order valence-electron chi connectivity index (χ1n) is 11.9. The van der Waals surface area contributed by atoms with Crippen molar-refractivity contribution in [2.24, 2.45) is 29.1 Å². The zero-order chi connectivity index (χ0) is 22.7. The lowest BCUT2D eigenvalue weighted by Gasteiger charge is -2.59. The van der Waals surface area contributed by atoms with Gasteiger partial charge in [0.1, 0.15) is 0 Å². The molecule has 0 radical (unpaired) electrons. The second kappa shape index (κ2) is 8.05. The molecule has 1 unspecified atom stereocenters. The molecule has 1 amide bonds. The van der Waals surface area contributed by atoms with Gasteiger partial charge < -0.3 is 5.32 Å². The molecular formula is C24H32F2N2O3S. The Morgan fingerprint density at radius 3 is 2.12 bits per heavy atom. The zero-order valence-electron chi connectivity index (χ0n) is 18.5. The van der Waals surface area contributed by atoms with Crippen molar-refractivity contribution in [3.8, 4) is 0 Å². The summed E-state index contributed by atoms with van der Waals surface area (Å²) in [6.45, 7) is 2.56. The van der Waals surface area contributed by atoms with E-state index in [1.807, 2.05) is 0 Å². The average Bonchev–Trinajstić information content (AvgIpc) is 2.74. The van der Waals surface area contributed by atoms with Crippen molar-refractivity contribution in [3.05, 3.63) is 29.8 Å². The van der Waals surface area contributed by atoms with Crippen LogP contribution in [0.1, 0.15) is 58.3 Å². The number of carbonyl (C=O) groups excluding carboxylic acids is 1. The van der Waals surface area contributed by atoms with Crippen molar-refractivity contribution in [2.75, 3.05) is 13.1 Å². The van der Waals surface area contributed by atoms with Gasteiger partial charge in [0.05, 0.1) is 4.90 Å². The molecule has 1 heterocycles. The van der Waals surface area contributed by atoms with Crippen LogP contribution in [0.4, 0.5) is 8.78 Å². The Kier molecular flexibility index (Phi) is 5.60. The smallest absolute Gasteiger partial charge is 0.243 e. The normalized spacial score (nSPS) is 33.9. The van der Waals surface area contributed by atoms with Crippen LogP contribution in [0.25, 0.3) is 0 Å². The maximum Gasteiger partial charge on any atom is 0.243 e. The fourth-order valence-electron chi connectivity index (χ4n) is 7.34. The van der Waals surface area contributed by atoms with Crippen LogP contribution in [0.15, 0.2) is 23.1 Å². The van der Waals surface area contributed by atoms with E-state index in [-0.39, 0.29) is 41.3 Å². The maximum absolute atomic E-state index is 13.5. The molecule has 4 saturated carbocycles. The summed E-state index contributed by atoms with van der Waals surface area (Å²) in [5, 5.41) is 3.31. The maximum atomic E-state index is 13.5. The summed E-state index contributed by atoms with van der Waals surface area (Å²) >= 11 is 0. The number of benzene rings is 1. The van der Waals surface area contributed by atoms with Crippen LogP contribution in [0.5, 0.6) is 0 Å². The molecule has 4 aliphatic carbocycles. The van der Waals surface area contributed by atoms with Crippen LogP contribution in [0.2, 0.25) is 0 Å². The molecule has 1 aliphatic heterocycles. The summed E-state index contributed by atoms with van der Waals surface area (Å²) in [7, 11) is -3.91. The molecule has 5 aliphatic rings. The molecule has 0 spiro atoms. The lowest BCUT2D eigenvalue weighted by molar-refractivity contribution is -0.130. The van der Waals surface area contributed by atoms with Gasteiger partial charge in [0, 0.05) is 25.0 Å². The third kappa shape index (κ3) is 3.87. The third-order valence-electron chi connectivity index (χ3n) is 8.72. The Bertz CT molecular complexity index is 969. The molecule has 176 valence electrons. The molecule has 6 rings (SSSR count). The first kappa shape index (κ1) is 22.3. The number of amides is 1. The fraction of sp³-hybridized carbons (Fsp3) is 0.708. The lowest BCUT2D eigenvalue weighted by atomic mass is 9.48. The minimum Gasteiger partial charge on any atom is -0.353 e. The van der Waals surface area contributed by atoms with Crippen molar-refractivity contribution in [3.63, 3.8) is 0 Å². The Hall–Kier alpha value is -1.54. The van der Waals surface area contributed by atoms with Crippen molar-refractivity contribution < 1.29 is 22.0 Å². The summed E-state index contributed by atoms with van der Waals surface area (Å²) in [5.74, 6) is 0.0217. The second-order valence-corrected chi connectivity index (χ2v) is 12.7. The fourth-order valence-corrected chi connectivity index (χ4v) is 8.82. The minimum atomic E-state index is -3.91. The van der Waals surface area contributed by atoms with E-state index in [0.717, 1.165) is 36.0 Å². The molecule has 1 N–H and O–H groups in total. The molecule has 4 bridgehead atoms. The van der Waals surface area contributed by atoms with E-state index >= 15 is 0 Å². The summed E-state index contributed by atoms with van der Waals surface area (Å²) in [6.07, 6.45) is 8.65. The lowest BCUT2D eigenvalue weighted by Crippen LogP contribution is -2.56. The van der Waals surface area contributed by atoms with Crippen LogP contribution < -0.4 is 5.32 Å². The van der Waals surface area contributed by atoms with Crippen LogP contribution >= 0.6 is 0 Å². The molecule has 1 atom stereocenters. The Balaban J connectivity index is 1.19. The third-order valence-corrected chi connectivity index (χ3v) is 10.6. The van der Waals surface area contributed by atoms with Gasteiger partial charge in [0.2, 0.25) is 15.9 Å². The van der Waals surface area contributed by atoms with E-state index in [0.29, 0.717) is 12.8 Å². The SMILES string of the molecule is CC(NC(=O)C1CCN(S(=O)(=O)c2ccc(F)c(F)c2)CC1)C12CC3CC(CC(C3)C1)C2. The molecule has 1 aromatic rings. The Morgan fingerprint density at radius 1 is 1.03 bits per heavy atom. The molecule has 0 aromatic heterocycles. The van der Waals surface area contributed by atoms with Gasteiger partial charge in [-0.2, -0.15) is 4.31 Å². The van der Waals surface area contributed by atoms with E-state index in [1.165, 1.54) is 42.8 Å². The number of nitrogens with one attached hydrogen (secondary N) is 1. The molecule has 5 nitrogen and oxygen atoms in total. The van der Waals surface area contributed by atoms with Gasteiger partial charge in [-0.15, -0.1) is 0 Å². The monoisotopic (exact) mass is 466 g/mol. The first-order chi connectivity index (χ1) is 15.2. The van der Waals surface area contributed by atoms with Crippen molar-refractivity contribution in [2.45, 2.75) is 69.2 Å². The van der Waals surface area contributed by atoms with Gasteiger partial charge in [-0.25, -0.2) is 17.2 Å². The number of piperidine rings is 1. The second-order valence-electron chi connectivity index (χ2n) is 10.8. The van der Waals surface area contributed by atoms with Crippen LogP contribution in [0, 0.1) is 40.7 Å². The minimum absolute atomic E-state index is 0.0260. The molecule has 1 saturated heterocycles. The predicted octanol–water partition coefficient (Wildman–Crippen LogP) is 4.09. The van der Waals surface area contributed by atoms with Gasteiger partial charge in [0.15, 0.2) is 11.6 Å². The first-order valence-corrected chi connectivity index (χ1v) is 13.4. The van der Waals surface area contributed by atoms with E-state index in [9.17, 15) is 22.0 Å². The van der Waals surface area contributed by atoms with E-state index in [2.05, 4.69) is 12.2 Å². The summed E-state index contributed by atoms with van der Waals surface area (Å²) in [5.41, 5.74) is 0.237. The van der Waals surface area contributed by atoms with Gasteiger partial charge in [-0.05, 0) is 99.7 Å². The summed E-state index contributed by atoms with van der Waals surface area (Å²) in [6, 6.07) is 2.78. The number of rotatable bonds is 5. The summed E-state index contributed by atoms with van der Waals surface area (Å²) in [4.78, 5) is 12.8. The van der Waals surface area contributed by atoms with Crippen molar-refractivity contribution >= 4 is 15.9 Å². The molecule has 1 aromatic carbocycles. The number of sulfonamides is 1. The highest BCUT2D eigenvalue weighted by molar-refractivity contribution is 7.89. The highest BCUT2D eigenvalue weighted by Gasteiger charge is 2.53. The van der Waals surface area contributed by atoms with E-state index in [1.54, 1.807) is 0 Å². The standard InChI is InChI=1S/C24H32F2N2O3S/c1-15(24-12-16-8-17(13-24)10-18(9-16)14-24)27-23(29)19-4-6-28(7-5-19)32(30,31)20-2-3-21(25)22(26)11-20/h2-3,11,15-19H,4-10,12-14H2,1H3,(H,27,29). The number of hydrogen-bond acceptors (Lipinski definition) is 3. The van der Waals surface area contributed by atoms with Gasteiger partial charge >= 0.3 is 0 Å². The van der Waals surface area contributed by atoms with Crippen LogP contribution in [-0.4, -0.2) is 37.8 Å². The van der Waals surface area contributed by atoms with Crippen LogP contribution in [0.3, 0.4) is 0 Å². The van der Waals surface area contributed by atoms with Crippen LogP contribution in [-0.2, 0) is 14.8 Å². The Labute approximate surface area is 189 Å². The van der Waals surface area contributed by atoms with Crippen molar-refractivity contribution in [1.82, 2.24) is 9.62 Å². The molecular weight excluding hydrogens is 434 g/mol. The molecule has 32 heavy (non-hydrogen) atoms. The largest absolute Gasteiger partial charge is 0.353 e. The molecule has 5 fully saturated rings. The van der Waals surface area contributed by atoms with Gasteiger partial charge in [0.25, 0.3) is 0 Å². The highest BCUT2D eigenvalue weighted by Crippen LogP contribution is 2.61. The number of hydrogen-bond donors (Lipinski definition) is 1. The summed E-state index contributed by atoms with van der Waals surface area (Å²) < 4.78 is 53.6. The average molecular weight is 467 g/mol. The van der Waals surface area contributed by atoms with E-state index < -0.39 is 21.7 Å². The van der Waals surface area contributed by atoms with Crippen molar-refractivity contribution in [1.29, 1.82) is 0 Å². The number of halogens is 2.